The Kier molecular flexibility index (Phi) is 8.73. The van der Waals surface area contributed by atoms with Gasteiger partial charge in [0, 0.05) is 9.99 Å². The number of esters is 1. The fourth-order valence-electron chi connectivity index (χ4n) is 2.39. The topological polar surface area (TPSA) is 93.7 Å². The predicted molar refractivity (Wildman–Crippen MR) is 111 cm³/mol. The van der Waals surface area contributed by atoms with Gasteiger partial charge >= 0.3 is 12.1 Å². The summed E-state index contributed by atoms with van der Waals surface area (Å²) in [5, 5.41) is 4.95. The first kappa shape index (κ1) is 21.7. The van der Waals surface area contributed by atoms with Crippen LogP contribution in [-0.2, 0) is 32.1 Å². The minimum Gasteiger partial charge on any atom is -0.467 e. The van der Waals surface area contributed by atoms with Gasteiger partial charge in [0.2, 0.25) is 5.91 Å². The van der Waals surface area contributed by atoms with Crippen molar-refractivity contribution in [1.29, 1.82) is 0 Å². The molecule has 0 radical (unpaired) electrons. The second-order valence-corrected chi connectivity index (χ2v) is 7.02. The van der Waals surface area contributed by atoms with Gasteiger partial charge in [-0.15, -0.1) is 0 Å². The van der Waals surface area contributed by atoms with Gasteiger partial charge in [0.1, 0.15) is 19.2 Å². The summed E-state index contributed by atoms with van der Waals surface area (Å²) in [7, 11) is 1.26. The fourth-order valence-corrected chi connectivity index (χ4v) is 3.00. The number of hydrogen-bond donors (Lipinski definition) is 2. The van der Waals surface area contributed by atoms with Crippen LogP contribution < -0.4 is 10.6 Å². The molecule has 7 nitrogen and oxygen atoms in total. The number of hydrogen-bond acceptors (Lipinski definition) is 5. The van der Waals surface area contributed by atoms with E-state index in [2.05, 4.69) is 33.2 Å². The lowest BCUT2D eigenvalue weighted by Gasteiger charge is -2.17. The molecule has 0 saturated heterocycles. The molecule has 2 amide bonds. The number of nitrogens with one attached hydrogen (secondary N) is 2. The van der Waals surface area contributed by atoms with Crippen molar-refractivity contribution >= 4 is 40.6 Å². The number of rotatable bonds is 8. The zero-order chi connectivity index (χ0) is 20.4. The Balaban J connectivity index is 1.83. The Labute approximate surface area is 176 Å². The fraction of sp³-hybridized carbons (Fsp3) is 0.250. The Morgan fingerprint density at radius 3 is 2.39 bits per heavy atom. The zero-order valence-electron chi connectivity index (χ0n) is 15.3. The molecule has 2 aromatic carbocycles. The maximum Gasteiger partial charge on any atom is 0.407 e. The summed E-state index contributed by atoms with van der Waals surface area (Å²) in [5.74, 6) is -1.07. The normalized spacial score (nSPS) is 11.2. The third-order valence-electron chi connectivity index (χ3n) is 3.81. The SMILES string of the molecule is COC(=O)[C@H](Cc1ccccc1I)NC(=O)CNC(=O)OCc1ccccc1. The Morgan fingerprint density at radius 2 is 1.71 bits per heavy atom. The summed E-state index contributed by atoms with van der Waals surface area (Å²) in [6, 6.07) is 15.9. The number of benzene rings is 2. The smallest absolute Gasteiger partial charge is 0.407 e. The van der Waals surface area contributed by atoms with Crippen LogP contribution in [0.4, 0.5) is 4.79 Å². The average Bonchev–Trinajstić information content (AvgIpc) is 2.72. The van der Waals surface area contributed by atoms with Gasteiger partial charge in [-0.1, -0.05) is 48.5 Å². The Morgan fingerprint density at radius 1 is 1.04 bits per heavy atom. The second kappa shape index (κ2) is 11.3. The third-order valence-corrected chi connectivity index (χ3v) is 4.86. The quantitative estimate of drug-likeness (QED) is 0.433. The van der Waals surface area contributed by atoms with E-state index in [1.54, 1.807) is 0 Å². The van der Waals surface area contributed by atoms with E-state index < -0.39 is 24.0 Å². The number of ether oxygens (including phenoxy) is 2. The highest BCUT2D eigenvalue weighted by Crippen LogP contribution is 2.14. The summed E-state index contributed by atoms with van der Waals surface area (Å²) in [5.41, 5.74) is 1.75. The number of carbonyl (C=O) groups excluding carboxylic acids is 3. The van der Waals surface area contributed by atoms with Gasteiger partial charge in [0.15, 0.2) is 0 Å². The minimum absolute atomic E-state index is 0.103. The Bertz CT molecular complexity index is 813. The molecule has 1 atom stereocenters. The largest absolute Gasteiger partial charge is 0.467 e. The van der Waals surface area contributed by atoms with Crippen LogP contribution in [0, 0.1) is 3.57 Å². The molecule has 0 spiro atoms. The van der Waals surface area contributed by atoms with Crippen molar-refractivity contribution in [3.05, 3.63) is 69.3 Å². The third kappa shape index (κ3) is 7.18. The Hall–Kier alpha value is -2.62. The summed E-state index contributed by atoms with van der Waals surface area (Å²) in [6.45, 7) is -0.210. The maximum absolute atomic E-state index is 12.1. The molecule has 0 heterocycles. The van der Waals surface area contributed by atoms with Crippen LogP contribution in [0.1, 0.15) is 11.1 Å². The lowest BCUT2D eigenvalue weighted by molar-refractivity contribution is -0.144. The van der Waals surface area contributed by atoms with E-state index in [9.17, 15) is 14.4 Å². The van der Waals surface area contributed by atoms with E-state index in [1.165, 1.54) is 7.11 Å². The van der Waals surface area contributed by atoms with Crippen LogP contribution >= 0.6 is 22.6 Å². The van der Waals surface area contributed by atoms with Crippen LogP contribution in [-0.4, -0.2) is 37.7 Å². The van der Waals surface area contributed by atoms with Crippen molar-refractivity contribution in [1.82, 2.24) is 10.6 Å². The molecule has 148 valence electrons. The summed E-state index contributed by atoms with van der Waals surface area (Å²) < 4.78 is 10.8. The van der Waals surface area contributed by atoms with E-state index in [1.807, 2.05) is 54.6 Å². The van der Waals surface area contributed by atoms with Crippen molar-refractivity contribution in [3.8, 4) is 0 Å². The molecule has 2 rings (SSSR count). The maximum atomic E-state index is 12.1. The van der Waals surface area contributed by atoms with Crippen LogP contribution in [0.15, 0.2) is 54.6 Å². The average molecular weight is 496 g/mol. The van der Waals surface area contributed by atoms with Gasteiger partial charge in [-0.3, -0.25) is 4.79 Å². The standard InChI is InChI=1S/C20H21IN2O5/c1-27-19(25)17(11-15-9-5-6-10-16(15)21)23-18(24)12-22-20(26)28-13-14-7-3-2-4-8-14/h2-10,17H,11-13H2,1H3,(H,22,26)(H,23,24)/t17-/m0/s1. The molecule has 28 heavy (non-hydrogen) atoms. The molecular weight excluding hydrogens is 475 g/mol. The van der Waals surface area contributed by atoms with E-state index in [0.717, 1.165) is 14.7 Å². The summed E-state index contributed by atoms with van der Waals surface area (Å²) in [6.07, 6.45) is -0.429. The van der Waals surface area contributed by atoms with Gasteiger partial charge in [-0.2, -0.15) is 0 Å². The van der Waals surface area contributed by atoms with Crippen molar-refractivity contribution in [2.45, 2.75) is 19.1 Å². The zero-order valence-corrected chi connectivity index (χ0v) is 17.5. The number of amides is 2. The number of methoxy groups -OCH3 is 1. The highest BCUT2D eigenvalue weighted by molar-refractivity contribution is 14.1. The van der Waals surface area contributed by atoms with Gasteiger partial charge in [-0.05, 0) is 39.8 Å². The molecule has 0 unspecified atom stereocenters. The second-order valence-electron chi connectivity index (χ2n) is 5.85. The molecule has 8 heteroatoms. The molecule has 0 aromatic heterocycles. The van der Waals surface area contributed by atoms with E-state index >= 15 is 0 Å². The molecule has 2 N–H and O–H groups in total. The van der Waals surface area contributed by atoms with Crippen molar-refractivity contribution in [2.75, 3.05) is 13.7 Å². The van der Waals surface area contributed by atoms with Crippen molar-refractivity contribution in [2.24, 2.45) is 0 Å². The van der Waals surface area contributed by atoms with Crippen LogP contribution in [0.2, 0.25) is 0 Å². The number of carbonyl (C=O) groups is 3. The number of halogens is 1. The first-order chi connectivity index (χ1) is 13.5. The lowest BCUT2D eigenvalue weighted by Crippen LogP contribution is -2.47. The molecule has 0 bridgehead atoms. The van der Waals surface area contributed by atoms with Gasteiger partial charge in [-0.25, -0.2) is 9.59 Å². The highest BCUT2D eigenvalue weighted by Gasteiger charge is 2.23. The highest BCUT2D eigenvalue weighted by atomic mass is 127. The molecule has 0 aliphatic heterocycles. The molecule has 0 aliphatic carbocycles. The molecule has 0 aliphatic rings. The van der Waals surface area contributed by atoms with Gasteiger partial charge in [0.25, 0.3) is 0 Å². The van der Waals surface area contributed by atoms with Crippen LogP contribution in [0.25, 0.3) is 0 Å². The number of alkyl carbamates (subject to hydrolysis) is 1. The summed E-state index contributed by atoms with van der Waals surface area (Å²) in [4.78, 5) is 35.9. The molecule has 0 fully saturated rings. The van der Waals surface area contributed by atoms with Gasteiger partial charge in [0.05, 0.1) is 7.11 Å². The monoisotopic (exact) mass is 496 g/mol. The van der Waals surface area contributed by atoms with E-state index in [-0.39, 0.29) is 19.6 Å². The first-order valence-corrected chi connectivity index (χ1v) is 9.62. The van der Waals surface area contributed by atoms with Crippen LogP contribution in [0.5, 0.6) is 0 Å². The molecule has 0 saturated carbocycles. The van der Waals surface area contributed by atoms with E-state index in [4.69, 9.17) is 9.47 Å². The lowest BCUT2D eigenvalue weighted by atomic mass is 10.1. The molecular formula is C20H21IN2O5. The van der Waals surface area contributed by atoms with Crippen LogP contribution in [0.3, 0.4) is 0 Å². The van der Waals surface area contributed by atoms with Crippen molar-refractivity contribution < 1.29 is 23.9 Å². The first-order valence-electron chi connectivity index (χ1n) is 8.54. The summed E-state index contributed by atoms with van der Waals surface area (Å²) >= 11 is 2.16. The predicted octanol–water partition coefficient (Wildman–Crippen LogP) is 2.42. The van der Waals surface area contributed by atoms with Crippen molar-refractivity contribution in [3.63, 3.8) is 0 Å². The molecule has 2 aromatic rings. The minimum atomic E-state index is -0.851. The van der Waals surface area contributed by atoms with E-state index in [0.29, 0.717) is 0 Å². The van der Waals surface area contributed by atoms with Gasteiger partial charge < -0.3 is 20.1 Å².